The zero-order valence-electron chi connectivity index (χ0n) is 11.2. The highest BCUT2D eigenvalue weighted by molar-refractivity contribution is 5.94. The Bertz CT molecular complexity index is 632. The lowest BCUT2D eigenvalue weighted by Gasteiger charge is -2.10. The molecule has 1 atom stereocenters. The molecule has 0 aliphatic rings. The van der Waals surface area contributed by atoms with Crippen molar-refractivity contribution in [2.75, 3.05) is 5.32 Å². The number of nitrogens with zero attached hydrogens (tertiary/aromatic N) is 2. The van der Waals surface area contributed by atoms with E-state index >= 15 is 0 Å². The molecule has 1 heterocycles. The maximum atomic E-state index is 12.1. The number of nitriles is 1. The lowest BCUT2D eigenvalue weighted by Crippen LogP contribution is -2.23. The Morgan fingerprint density at radius 1 is 1.40 bits per heavy atom. The number of hydrogen-bond donors (Lipinski definition) is 1. The van der Waals surface area contributed by atoms with E-state index in [0.29, 0.717) is 12.1 Å². The lowest BCUT2D eigenvalue weighted by atomic mass is 10.0. The summed E-state index contributed by atoms with van der Waals surface area (Å²) in [4.78, 5) is 16.1. The average molecular weight is 265 g/mol. The summed E-state index contributed by atoms with van der Waals surface area (Å²) in [6.07, 6.45) is 3.70. The van der Waals surface area contributed by atoms with Crippen molar-refractivity contribution in [3.8, 4) is 6.07 Å². The zero-order chi connectivity index (χ0) is 14.4. The molecule has 20 heavy (non-hydrogen) atoms. The third-order valence-corrected chi connectivity index (χ3v) is 2.92. The Morgan fingerprint density at radius 2 is 2.25 bits per heavy atom. The van der Waals surface area contributed by atoms with Crippen LogP contribution in [0.3, 0.4) is 0 Å². The quantitative estimate of drug-likeness (QED) is 0.924. The summed E-state index contributed by atoms with van der Waals surface area (Å²) >= 11 is 0. The van der Waals surface area contributed by atoms with E-state index in [1.54, 1.807) is 18.5 Å². The topological polar surface area (TPSA) is 65.8 Å². The molecule has 4 nitrogen and oxygen atoms in total. The second kappa shape index (κ2) is 6.48. The highest BCUT2D eigenvalue weighted by Gasteiger charge is 2.18. The summed E-state index contributed by atoms with van der Waals surface area (Å²) in [5, 5.41) is 11.9. The van der Waals surface area contributed by atoms with Crippen molar-refractivity contribution in [3.63, 3.8) is 0 Å². The Hall–Kier alpha value is -2.67. The number of nitrogens with one attached hydrogen (secondary N) is 1. The molecule has 0 radical (unpaired) electrons. The van der Waals surface area contributed by atoms with Crippen LogP contribution < -0.4 is 5.32 Å². The summed E-state index contributed by atoms with van der Waals surface area (Å²) in [6, 6.07) is 13.2. The van der Waals surface area contributed by atoms with E-state index in [0.717, 1.165) is 11.1 Å². The van der Waals surface area contributed by atoms with E-state index in [1.807, 2.05) is 43.3 Å². The molecule has 0 aliphatic heterocycles. The van der Waals surface area contributed by atoms with Gasteiger partial charge in [0.2, 0.25) is 5.91 Å². The van der Waals surface area contributed by atoms with Crippen molar-refractivity contribution < 1.29 is 4.79 Å². The minimum Gasteiger partial charge on any atom is -0.325 e. The number of aryl methyl sites for hydroxylation is 1. The SMILES string of the molecule is Cc1cccc(NC(=O)[C@H](C#N)Cc2cccnc2)c1. The van der Waals surface area contributed by atoms with Gasteiger partial charge in [0.25, 0.3) is 0 Å². The molecule has 100 valence electrons. The summed E-state index contributed by atoms with van der Waals surface area (Å²) < 4.78 is 0. The number of rotatable bonds is 4. The number of hydrogen-bond acceptors (Lipinski definition) is 3. The average Bonchev–Trinajstić information content (AvgIpc) is 2.45. The van der Waals surface area contributed by atoms with E-state index in [1.165, 1.54) is 0 Å². The van der Waals surface area contributed by atoms with Gasteiger partial charge >= 0.3 is 0 Å². The molecular formula is C16H15N3O. The molecule has 0 unspecified atom stereocenters. The van der Waals surface area contributed by atoms with Gasteiger partial charge in [0.05, 0.1) is 6.07 Å². The second-order valence-corrected chi connectivity index (χ2v) is 4.61. The first-order valence-electron chi connectivity index (χ1n) is 6.35. The van der Waals surface area contributed by atoms with Crippen molar-refractivity contribution in [3.05, 3.63) is 59.9 Å². The number of carbonyl (C=O) groups excluding carboxylic acids is 1. The first-order valence-corrected chi connectivity index (χ1v) is 6.35. The summed E-state index contributed by atoms with van der Waals surface area (Å²) in [5.41, 5.74) is 2.64. The van der Waals surface area contributed by atoms with Crippen LogP contribution in [0.5, 0.6) is 0 Å². The molecule has 4 heteroatoms. The van der Waals surface area contributed by atoms with Crippen molar-refractivity contribution in [1.82, 2.24) is 4.98 Å². The zero-order valence-corrected chi connectivity index (χ0v) is 11.2. The fraction of sp³-hybridized carbons (Fsp3) is 0.188. The van der Waals surface area contributed by atoms with Crippen LogP contribution in [0.15, 0.2) is 48.8 Å². The fourth-order valence-corrected chi connectivity index (χ4v) is 1.90. The van der Waals surface area contributed by atoms with E-state index < -0.39 is 5.92 Å². The molecule has 1 aromatic carbocycles. The smallest absolute Gasteiger partial charge is 0.242 e. The van der Waals surface area contributed by atoms with E-state index in [9.17, 15) is 4.79 Å². The van der Waals surface area contributed by atoms with Crippen molar-refractivity contribution >= 4 is 11.6 Å². The van der Waals surface area contributed by atoms with Crippen molar-refractivity contribution in [1.29, 1.82) is 5.26 Å². The van der Waals surface area contributed by atoms with Gasteiger partial charge in [-0.2, -0.15) is 5.26 Å². The van der Waals surface area contributed by atoms with Crippen molar-refractivity contribution in [2.24, 2.45) is 5.92 Å². The van der Waals surface area contributed by atoms with Gasteiger partial charge < -0.3 is 5.32 Å². The van der Waals surface area contributed by atoms with Gasteiger partial charge in [-0.1, -0.05) is 18.2 Å². The van der Waals surface area contributed by atoms with E-state index in [4.69, 9.17) is 5.26 Å². The molecule has 0 spiro atoms. The predicted molar refractivity (Wildman–Crippen MR) is 76.9 cm³/mol. The lowest BCUT2D eigenvalue weighted by molar-refractivity contribution is -0.118. The number of aromatic nitrogens is 1. The molecule has 0 aliphatic carbocycles. The highest BCUT2D eigenvalue weighted by Crippen LogP contribution is 2.13. The van der Waals surface area contributed by atoms with Gasteiger partial charge in [-0.3, -0.25) is 9.78 Å². The summed E-state index contributed by atoms with van der Waals surface area (Å²) in [6.45, 7) is 1.95. The molecule has 0 bridgehead atoms. The number of benzene rings is 1. The van der Waals surface area contributed by atoms with Crippen LogP contribution in [-0.2, 0) is 11.2 Å². The van der Waals surface area contributed by atoms with Gasteiger partial charge in [0, 0.05) is 18.1 Å². The molecule has 1 amide bonds. The number of pyridine rings is 1. The fourth-order valence-electron chi connectivity index (χ4n) is 1.90. The summed E-state index contributed by atoms with van der Waals surface area (Å²) in [5.74, 6) is -1.01. The normalized spacial score (nSPS) is 11.4. The number of amides is 1. The molecule has 0 fully saturated rings. The van der Waals surface area contributed by atoms with Crippen LogP contribution in [-0.4, -0.2) is 10.9 Å². The predicted octanol–water partition coefficient (Wildman–Crippen LogP) is 2.71. The van der Waals surface area contributed by atoms with Crippen LogP contribution in [0.1, 0.15) is 11.1 Å². The molecule has 1 N–H and O–H groups in total. The van der Waals surface area contributed by atoms with Gasteiger partial charge in [0.1, 0.15) is 5.92 Å². The van der Waals surface area contributed by atoms with Gasteiger partial charge in [-0.15, -0.1) is 0 Å². The van der Waals surface area contributed by atoms with Crippen LogP contribution in [0.2, 0.25) is 0 Å². The van der Waals surface area contributed by atoms with Gasteiger partial charge in [-0.05, 0) is 42.7 Å². The van der Waals surface area contributed by atoms with E-state index in [2.05, 4.69) is 10.3 Å². The molecule has 0 saturated carbocycles. The van der Waals surface area contributed by atoms with Gasteiger partial charge in [0.15, 0.2) is 0 Å². The first-order chi connectivity index (χ1) is 9.69. The second-order valence-electron chi connectivity index (χ2n) is 4.61. The Labute approximate surface area is 118 Å². The first kappa shape index (κ1) is 13.8. The molecule has 2 rings (SSSR count). The van der Waals surface area contributed by atoms with Gasteiger partial charge in [-0.25, -0.2) is 0 Å². The van der Waals surface area contributed by atoms with Crippen LogP contribution in [0, 0.1) is 24.2 Å². The Balaban J connectivity index is 2.05. The van der Waals surface area contributed by atoms with Crippen LogP contribution >= 0.6 is 0 Å². The number of anilines is 1. The molecule has 1 aromatic heterocycles. The standard InChI is InChI=1S/C16H15N3O/c1-12-4-2-6-15(8-12)19-16(20)14(10-17)9-13-5-3-7-18-11-13/h2-8,11,14H,9H2,1H3,(H,19,20)/t14-/m0/s1. The van der Waals surface area contributed by atoms with Crippen LogP contribution in [0.4, 0.5) is 5.69 Å². The monoisotopic (exact) mass is 265 g/mol. The molecular weight excluding hydrogens is 250 g/mol. The Kier molecular flexibility index (Phi) is 4.46. The van der Waals surface area contributed by atoms with Crippen LogP contribution in [0.25, 0.3) is 0 Å². The minimum atomic E-state index is -0.722. The molecule has 0 saturated heterocycles. The molecule has 2 aromatic rings. The Morgan fingerprint density at radius 3 is 2.90 bits per heavy atom. The minimum absolute atomic E-state index is 0.290. The largest absolute Gasteiger partial charge is 0.325 e. The van der Waals surface area contributed by atoms with E-state index in [-0.39, 0.29) is 5.91 Å². The maximum Gasteiger partial charge on any atom is 0.242 e. The number of carbonyl (C=O) groups is 1. The van der Waals surface area contributed by atoms with Crippen molar-refractivity contribution in [2.45, 2.75) is 13.3 Å². The summed E-state index contributed by atoms with van der Waals surface area (Å²) in [7, 11) is 0. The highest BCUT2D eigenvalue weighted by atomic mass is 16.1. The third kappa shape index (κ3) is 3.66. The third-order valence-electron chi connectivity index (χ3n) is 2.92. The maximum absolute atomic E-state index is 12.1.